The molecular weight excluding hydrogens is 254 g/mol. The van der Waals surface area contributed by atoms with Gasteiger partial charge in [0, 0.05) is 22.7 Å². The minimum absolute atomic E-state index is 0.0397. The minimum Gasteiger partial charge on any atom is -0.497 e. The summed E-state index contributed by atoms with van der Waals surface area (Å²) in [6.45, 7) is 0. The highest BCUT2D eigenvalue weighted by molar-refractivity contribution is 5.92. The number of aliphatic carboxylic acids is 1. The molecule has 0 atom stereocenters. The Hall–Kier alpha value is -1.97. The van der Waals surface area contributed by atoms with E-state index in [4.69, 9.17) is 9.84 Å². The number of methoxy groups -OCH3 is 1. The topological polar surface area (TPSA) is 62.3 Å². The van der Waals surface area contributed by atoms with Crippen molar-refractivity contribution < 1.29 is 14.6 Å². The lowest BCUT2D eigenvalue weighted by Gasteiger charge is -2.07. The number of nitrogens with one attached hydrogen (secondary N) is 1. The third kappa shape index (κ3) is 2.26. The number of hydrogen-bond acceptors (Lipinski definition) is 2. The number of benzene rings is 1. The molecule has 1 aromatic carbocycles. The summed E-state index contributed by atoms with van der Waals surface area (Å²) < 4.78 is 5.29. The number of fused-ring (bicyclic) bond motifs is 3. The Morgan fingerprint density at radius 2 is 2.10 bits per heavy atom. The van der Waals surface area contributed by atoms with Crippen LogP contribution in [-0.2, 0) is 24.1 Å². The van der Waals surface area contributed by atoms with E-state index in [1.807, 2.05) is 12.1 Å². The smallest absolute Gasteiger partial charge is 0.307 e. The van der Waals surface area contributed by atoms with E-state index in [0.29, 0.717) is 5.75 Å². The lowest BCUT2D eigenvalue weighted by Crippen LogP contribution is -2.02. The van der Waals surface area contributed by atoms with Gasteiger partial charge in [0.1, 0.15) is 5.75 Å². The van der Waals surface area contributed by atoms with Crippen molar-refractivity contribution in [3.63, 3.8) is 0 Å². The molecule has 4 heteroatoms. The van der Waals surface area contributed by atoms with Crippen LogP contribution in [0.5, 0.6) is 5.75 Å². The van der Waals surface area contributed by atoms with Crippen LogP contribution < -0.4 is 4.74 Å². The molecule has 2 aromatic rings. The van der Waals surface area contributed by atoms with Gasteiger partial charge in [-0.1, -0.05) is 6.42 Å². The van der Waals surface area contributed by atoms with Crippen LogP contribution in [0.3, 0.4) is 0 Å². The zero-order valence-corrected chi connectivity index (χ0v) is 11.7. The van der Waals surface area contributed by atoms with E-state index in [9.17, 15) is 4.79 Å². The highest BCUT2D eigenvalue weighted by atomic mass is 16.5. The molecule has 106 valence electrons. The van der Waals surface area contributed by atoms with Crippen molar-refractivity contribution in [2.24, 2.45) is 0 Å². The summed E-state index contributed by atoms with van der Waals surface area (Å²) in [6.07, 6.45) is 5.75. The van der Waals surface area contributed by atoms with Crippen molar-refractivity contribution >= 4 is 16.9 Å². The van der Waals surface area contributed by atoms with E-state index >= 15 is 0 Å². The number of hydrogen-bond donors (Lipinski definition) is 2. The summed E-state index contributed by atoms with van der Waals surface area (Å²) in [5.41, 5.74) is 4.45. The van der Waals surface area contributed by atoms with E-state index in [-0.39, 0.29) is 6.42 Å². The molecule has 0 spiro atoms. The molecule has 0 saturated heterocycles. The average molecular weight is 273 g/mol. The molecule has 0 aliphatic heterocycles. The number of ether oxygens (including phenoxy) is 1. The van der Waals surface area contributed by atoms with Crippen LogP contribution in [-0.4, -0.2) is 23.2 Å². The van der Waals surface area contributed by atoms with Crippen molar-refractivity contribution in [3.05, 3.63) is 29.0 Å². The largest absolute Gasteiger partial charge is 0.497 e. The molecule has 20 heavy (non-hydrogen) atoms. The van der Waals surface area contributed by atoms with Gasteiger partial charge >= 0.3 is 5.97 Å². The first-order valence-corrected chi connectivity index (χ1v) is 7.11. The van der Waals surface area contributed by atoms with E-state index in [1.165, 1.54) is 30.5 Å². The Kier molecular flexibility index (Phi) is 3.38. The van der Waals surface area contributed by atoms with Gasteiger partial charge in [-0.25, -0.2) is 0 Å². The van der Waals surface area contributed by atoms with Crippen LogP contribution in [0.2, 0.25) is 0 Å². The number of rotatable bonds is 3. The molecule has 1 heterocycles. The van der Waals surface area contributed by atoms with Crippen LogP contribution in [0.25, 0.3) is 10.9 Å². The SMILES string of the molecule is COc1cc(CC(=O)O)c2c3c([nH]c2c1)CCCCC3. The molecule has 0 bridgehead atoms. The Morgan fingerprint density at radius 3 is 2.85 bits per heavy atom. The molecule has 1 aliphatic carbocycles. The van der Waals surface area contributed by atoms with Gasteiger partial charge in [0.15, 0.2) is 0 Å². The second-order valence-electron chi connectivity index (χ2n) is 5.42. The molecule has 2 N–H and O–H groups in total. The maximum Gasteiger partial charge on any atom is 0.307 e. The van der Waals surface area contributed by atoms with Crippen molar-refractivity contribution in [2.75, 3.05) is 7.11 Å². The van der Waals surface area contributed by atoms with Crippen LogP contribution in [0, 0.1) is 0 Å². The summed E-state index contributed by atoms with van der Waals surface area (Å²) in [5.74, 6) is -0.0896. The maximum atomic E-state index is 11.1. The second-order valence-corrected chi connectivity index (χ2v) is 5.42. The molecule has 0 radical (unpaired) electrons. The second kappa shape index (κ2) is 5.19. The Morgan fingerprint density at radius 1 is 1.30 bits per heavy atom. The van der Waals surface area contributed by atoms with Crippen molar-refractivity contribution in [1.29, 1.82) is 0 Å². The monoisotopic (exact) mass is 273 g/mol. The third-order valence-electron chi connectivity index (χ3n) is 4.08. The highest BCUT2D eigenvalue weighted by Crippen LogP contribution is 2.33. The van der Waals surface area contributed by atoms with Gasteiger partial charge < -0.3 is 14.8 Å². The number of carbonyl (C=O) groups is 1. The molecule has 0 saturated carbocycles. The van der Waals surface area contributed by atoms with Gasteiger partial charge in [-0.2, -0.15) is 0 Å². The quantitative estimate of drug-likeness (QED) is 0.845. The summed E-state index contributed by atoms with van der Waals surface area (Å²) in [4.78, 5) is 14.6. The fourth-order valence-corrected chi connectivity index (χ4v) is 3.21. The number of carboxylic acids is 1. The number of carboxylic acid groups (broad SMARTS) is 1. The molecule has 0 fully saturated rings. The maximum absolute atomic E-state index is 11.1. The Bertz CT molecular complexity index is 657. The molecule has 1 aromatic heterocycles. The van der Waals surface area contributed by atoms with Crippen LogP contribution >= 0.6 is 0 Å². The third-order valence-corrected chi connectivity index (χ3v) is 4.08. The van der Waals surface area contributed by atoms with Gasteiger partial charge in [-0.05, 0) is 42.9 Å². The Labute approximate surface area is 117 Å². The molecule has 0 unspecified atom stereocenters. The average Bonchev–Trinajstić information content (AvgIpc) is 2.60. The van der Waals surface area contributed by atoms with Crippen LogP contribution in [0.15, 0.2) is 12.1 Å². The van der Waals surface area contributed by atoms with E-state index in [0.717, 1.165) is 29.3 Å². The van der Waals surface area contributed by atoms with Gasteiger partial charge in [-0.15, -0.1) is 0 Å². The first kappa shape index (κ1) is 13.0. The van der Waals surface area contributed by atoms with Crippen molar-refractivity contribution in [2.45, 2.75) is 38.5 Å². The van der Waals surface area contributed by atoms with E-state index in [2.05, 4.69) is 4.98 Å². The van der Waals surface area contributed by atoms with Gasteiger partial charge in [0.05, 0.1) is 13.5 Å². The summed E-state index contributed by atoms with van der Waals surface area (Å²) in [5, 5.41) is 10.2. The normalized spacial score (nSPS) is 14.8. The first-order valence-electron chi connectivity index (χ1n) is 7.11. The lowest BCUT2D eigenvalue weighted by atomic mass is 9.99. The molecule has 0 amide bonds. The molecule has 3 rings (SSSR count). The van der Waals surface area contributed by atoms with E-state index < -0.39 is 5.97 Å². The Balaban J connectivity index is 2.22. The molecule has 4 nitrogen and oxygen atoms in total. The first-order chi connectivity index (χ1) is 9.69. The van der Waals surface area contributed by atoms with Crippen molar-refractivity contribution in [3.8, 4) is 5.75 Å². The number of H-pyrrole nitrogens is 1. The standard InChI is InChI=1S/C16H19NO3/c1-20-11-7-10(8-15(18)19)16-12-5-3-2-4-6-13(12)17-14(16)9-11/h7,9,17H,2-6,8H2,1H3,(H,18,19). The summed E-state index contributed by atoms with van der Waals surface area (Å²) in [7, 11) is 1.61. The summed E-state index contributed by atoms with van der Waals surface area (Å²) >= 11 is 0. The fourth-order valence-electron chi connectivity index (χ4n) is 3.21. The van der Waals surface area contributed by atoms with Gasteiger partial charge in [0.25, 0.3) is 0 Å². The fraction of sp³-hybridized carbons (Fsp3) is 0.438. The molecule has 1 aliphatic rings. The predicted octanol–water partition coefficient (Wildman–Crippen LogP) is 3.07. The number of aromatic nitrogens is 1. The highest BCUT2D eigenvalue weighted by Gasteiger charge is 2.19. The van der Waals surface area contributed by atoms with Crippen LogP contribution in [0.1, 0.15) is 36.1 Å². The lowest BCUT2D eigenvalue weighted by molar-refractivity contribution is -0.136. The minimum atomic E-state index is -0.803. The van der Waals surface area contributed by atoms with Gasteiger partial charge in [-0.3, -0.25) is 4.79 Å². The molecular formula is C16H19NO3. The zero-order valence-electron chi connectivity index (χ0n) is 11.7. The zero-order chi connectivity index (χ0) is 14.1. The van der Waals surface area contributed by atoms with E-state index in [1.54, 1.807) is 7.11 Å². The predicted molar refractivity (Wildman–Crippen MR) is 77.4 cm³/mol. The number of aryl methyl sites for hydroxylation is 2. The summed E-state index contributed by atoms with van der Waals surface area (Å²) in [6, 6.07) is 3.82. The van der Waals surface area contributed by atoms with Gasteiger partial charge in [0.2, 0.25) is 0 Å². The van der Waals surface area contributed by atoms with Crippen LogP contribution in [0.4, 0.5) is 0 Å². The number of aromatic amines is 1. The van der Waals surface area contributed by atoms with Crippen molar-refractivity contribution in [1.82, 2.24) is 4.98 Å².